The van der Waals surface area contributed by atoms with Crippen molar-refractivity contribution in [1.82, 2.24) is 0 Å². The van der Waals surface area contributed by atoms with Crippen LogP contribution in [-0.2, 0) is 0 Å². The number of hydrogen-bond donors (Lipinski definition) is 1. The van der Waals surface area contributed by atoms with E-state index in [1.807, 2.05) is 60.9 Å². The fraction of sp³-hybridized carbons (Fsp3) is 0.0588. The molecule has 0 spiro atoms. The van der Waals surface area contributed by atoms with Crippen molar-refractivity contribution in [2.24, 2.45) is 10.2 Å². The zero-order valence-corrected chi connectivity index (χ0v) is 12.3. The van der Waals surface area contributed by atoms with Gasteiger partial charge in [-0.15, -0.1) is 22.0 Å². The van der Waals surface area contributed by atoms with Crippen LogP contribution in [0.3, 0.4) is 0 Å². The van der Waals surface area contributed by atoms with Crippen molar-refractivity contribution in [2.75, 3.05) is 6.26 Å². The van der Waals surface area contributed by atoms with Gasteiger partial charge in [0.1, 0.15) is 5.69 Å². The Morgan fingerprint density at radius 3 is 2.38 bits per heavy atom. The van der Waals surface area contributed by atoms with Gasteiger partial charge in [-0.2, -0.15) is 0 Å². The van der Waals surface area contributed by atoms with Crippen LogP contribution in [0.15, 0.2) is 75.8 Å². The lowest BCUT2D eigenvalue weighted by molar-refractivity contribution is 0.482. The molecule has 0 aliphatic rings. The predicted molar refractivity (Wildman–Crippen MR) is 88.0 cm³/mol. The van der Waals surface area contributed by atoms with Gasteiger partial charge in [0, 0.05) is 10.3 Å². The molecule has 0 radical (unpaired) electrons. The second-order valence-corrected chi connectivity index (χ2v) is 5.37. The summed E-state index contributed by atoms with van der Waals surface area (Å²) in [6, 6.07) is 19.2. The molecule has 4 heteroatoms. The lowest BCUT2D eigenvalue weighted by Gasteiger charge is -2.04. The fourth-order valence-electron chi connectivity index (χ4n) is 2.14. The number of phenols is 1. The monoisotopic (exact) mass is 294 g/mol. The number of phenolic OH excluding ortho intramolecular Hbond substituents is 1. The molecule has 0 aliphatic carbocycles. The van der Waals surface area contributed by atoms with E-state index in [0.717, 1.165) is 21.4 Å². The van der Waals surface area contributed by atoms with Crippen LogP contribution in [0.4, 0.5) is 11.4 Å². The third-order valence-electron chi connectivity index (χ3n) is 3.23. The standard InChI is InChI=1S/C17H14N2OS/c1-21-16-9-5-4-8-14(16)18-19-15-11-10-12-6-2-3-7-13(12)17(15)20/h2-11,20H,1H3. The average Bonchev–Trinajstić information content (AvgIpc) is 2.55. The highest BCUT2D eigenvalue weighted by molar-refractivity contribution is 7.98. The Morgan fingerprint density at radius 2 is 1.52 bits per heavy atom. The van der Waals surface area contributed by atoms with Crippen molar-refractivity contribution in [3.63, 3.8) is 0 Å². The van der Waals surface area contributed by atoms with Crippen LogP contribution in [-0.4, -0.2) is 11.4 Å². The molecular formula is C17H14N2OS. The Balaban J connectivity index is 2.02. The van der Waals surface area contributed by atoms with Crippen LogP contribution in [0.1, 0.15) is 0 Å². The van der Waals surface area contributed by atoms with Gasteiger partial charge in [0.15, 0.2) is 5.75 Å². The smallest absolute Gasteiger partial charge is 0.150 e. The van der Waals surface area contributed by atoms with Crippen molar-refractivity contribution in [2.45, 2.75) is 4.90 Å². The van der Waals surface area contributed by atoms with E-state index in [2.05, 4.69) is 10.2 Å². The zero-order chi connectivity index (χ0) is 14.7. The van der Waals surface area contributed by atoms with Crippen molar-refractivity contribution in [1.29, 1.82) is 0 Å². The van der Waals surface area contributed by atoms with Crippen LogP contribution >= 0.6 is 11.8 Å². The van der Waals surface area contributed by atoms with Gasteiger partial charge in [-0.3, -0.25) is 0 Å². The van der Waals surface area contributed by atoms with Gasteiger partial charge in [0.05, 0.1) is 5.69 Å². The van der Waals surface area contributed by atoms with Crippen LogP contribution < -0.4 is 0 Å². The molecule has 0 aliphatic heterocycles. The number of thioether (sulfide) groups is 1. The molecule has 0 heterocycles. The molecule has 0 fully saturated rings. The van der Waals surface area contributed by atoms with Gasteiger partial charge in [0.25, 0.3) is 0 Å². The molecule has 104 valence electrons. The quantitative estimate of drug-likeness (QED) is 0.498. The summed E-state index contributed by atoms with van der Waals surface area (Å²) < 4.78 is 0. The van der Waals surface area contributed by atoms with Gasteiger partial charge in [0.2, 0.25) is 0 Å². The maximum absolute atomic E-state index is 10.3. The molecule has 0 aromatic heterocycles. The summed E-state index contributed by atoms with van der Waals surface area (Å²) in [6.45, 7) is 0. The van der Waals surface area contributed by atoms with E-state index >= 15 is 0 Å². The number of fused-ring (bicyclic) bond motifs is 1. The lowest BCUT2D eigenvalue weighted by atomic mass is 10.1. The first-order chi connectivity index (χ1) is 10.3. The Hall–Kier alpha value is -2.33. The van der Waals surface area contributed by atoms with Gasteiger partial charge in [-0.05, 0) is 29.8 Å². The molecule has 3 nitrogen and oxygen atoms in total. The third-order valence-corrected chi connectivity index (χ3v) is 4.01. The summed E-state index contributed by atoms with van der Waals surface area (Å²) >= 11 is 1.62. The summed E-state index contributed by atoms with van der Waals surface area (Å²) in [4.78, 5) is 1.06. The maximum Gasteiger partial charge on any atom is 0.150 e. The van der Waals surface area contributed by atoms with Crippen LogP contribution in [0, 0.1) is 0 Å². The molecule has 0 saturated heterocycles. The number of hydrogen-bond acceptors (Lipinski definition) is 4. The molecular weight excluding hydrogens is 280 g/mol. The molecule has 3 aromatic carbocycles. The summed E-state index contributed by atoms with van der Waals surface area (Å²) in [5, 5.41) is 20.5. The summed E-state index contributed by atoms with van der Waals surface area (Å²) in [6.07, 6.45) is 2.00. The van der Waals surface area contributed by atoms with Crippen LogP contribution in [0.2, 0.25) is 0 Å². The first-order valence-corrected chi connectivity index (χ1v) is 7.77. The molecule has 0 amide bonds. The van der Waals surface area contributed by atoms with Gasteiger partial charge in [-0.1, -0.05) is 42.5 Å². The second kappa shape index (κ2) is 5.97. The highest BCUT2D eigenvalue weighted by Gasteiger charge is 2.05. The van der Waals surface area contributed by atoms with E-state index in [-0.39, 0.29) is 5.75 Å². The number of aromatic hydroxyl groups is 1. The fourth-order valence-corrected chi connectivity index (χ4v) is 2.68. The Morgan fingerprint density at radius 1 is 0.810 bits per heavy atom. The van der Waals surface area contributed by atoms with E-state index in [4.69, 9.17) is 0 Å². The summed E-state index contributed by atoms with van der Waals surface area (Å²) in [7, 11) is 0. The first-order valence-electron chi connectivity index (χ1n) is 6.55. The lowest BCUT2D eigenvalue weighted by Crippen LogP contribution is -1.75. The first kappa shape index (κ1) is 13.6. The minimum atomic E-state index is 0.165. The van der Waals surface area contributed by atoms with E-state index < -0.39 is 0 Å². The summed E-state index contributed by atoms with van der Waals surface area (Å²) in [5.41, 5.74) is 1.28. The zero-order valence-electron chi connectivity index (χ0n) is 11.5. The number of rotatable bonds is 3. The molecule has 21 heavy (non-hydrogen) atoms. The van der Waals surface area contributed by atoms with Gasteiger partial charge >= 0.3 is 0 Å². The molecule has 0 saturated carbocycles. The van der Waals surface area contributed by atoms with E-state index in [9.17, 15) is 5.11 Å². The Kier molecular flexibility index (Phi) is 3.88. The van der Waals surface area contributed by atoms with E-state index in [1.54, 1.807) is 17.8 Å². The SMILES string of the molecule is CSc1ccccc1N=Nc1ccc2ccccc2c1O. The maximum atomic E-state index is 10.3. The Bertz CT molecular complexity index is 815. The molecule has 0 bridgehead atoms. The predicted octanol–water partition coefficient (Wildman–Crippen LogP) is 5.68. The largest absolute Gasteiger partial charge is 0.505 e. The van der Waals surface area contributed by atoms with Crippen molar-refractivity contribution >= 4 is 33.9 Å². The molecule has 0 unspecified atom stereocenters. The van der Waals surface area contributed by atoms with Crippen molar-refractivity contribution < 1.29 is 5.11 Å². The van der Waals surface area contributed by atoms with Gasteiger partial charge < -0.3 is 5.11 Å². The normalized spacial score (nSPS) is 11.3. The van der Waals surface area contributed by atoms with E-state index in [0.29, 0.717) is 5.69 Å². The molecule has 0 atom stereocenters. The minimum absolute atomic E-state index is 0.165. The highest BCUT2D eigenvalue weighted by Crippen LogP contribution is 2.36. The van der Waals surface area contributed by atoms with Crippen LogP contribution in [0.25, 0.3) is 10.8 Å². The molecule has 3 rings (SSSR count). The van der Waals surface area contributed by atoms with Gasteiger partial charge in [-0.25, -0.2) is 0 Å². The van der Waals surface area contributed by atoms with E-state index in [1.165, 1.54) is 0 Å². The molecule has 1 N–H and O–H groups in total. The third kappa shape index (κ3) is 2.76. The number of benzene rings is 3. The Labute approximate surface area is 127 Å². The minimum Gasteiger partial charge on any atom is -0.505 e. The second-order valence-electron chi connectivity index (χ2n) is 4.53. The summed E-state index contributed by atoms with van der Waals surface area (Å²) in [5.74, 6) is 0.165. The van der Waals surface area contributed by atoms with Crippen molar-refractivity contribution in [3.8, 4) is 5.75 Å². The highest BCUT2D eigenvalue weighted by atomic mass is 32.2. The number of nitrogens with zero attached hydrogens (tertiary/aromatic N) is 2. The molecule has 3 aromatic rings. The van der Waals surface area contributed by atoms with Crippen molar-refractivity contribution in [3.05, 3.63) is 60.7 Å². The topological polar surface area (TPSA) is 45.0 Å². The average molecular weight is 294 g/mol. The van der Waals surface area contributed by atoms with Crippen LogP contribution in [0.5, 0.6) is 5.75 Å². The number of azo groups is 1.